The van der Waals surface area contributed by atoms with E-state index in [0.29, 0.717) is 17.7 Å². The summed E-state index contributed by atoms with van der Waals surface area (Å²) in [6, 6.07) is 9.60. The molecule has 1 fully saturated rings. The first-order chi connectivity index (χ1) is 11.5. The number of benzene rings is 1. The van der Waals surface area contributed by atoms with Gasteiger partial charge in [-0.05, 0) is 30.2 Å². The Kier molecular flexibility index (Phi) is 4.71. The van der Waals surface area contributed by atoms with Gasteiger partial charge in [0.05, 0.1) is 11.5 Å². The van der Waals surface area contributed by atoms with Gasteiger partial charge in [0.25, 0.3) is 0 Å². The van der Waals surface area contributed by atoms with Crippen molar-refractivity contribution in [1.29, 1.82) is 0 Å². The van der Waals surface area contributed by atoms with Crippen LogP contribution in [0.25, 0.3) is 0 Å². The minimum atomic E-state index is -3.33. The maximum absolute atomic E-state index is 13.5. The number of furan rings is 1. The maximum Gasteiger partial charge on any atom is 0.222 e. The molecule has 0 bridgehead atoms. The first-order valence-corrected chi connectivity index (χ1v) is 9.42. The molecule has 1 aromatic heterocycles. The van der Waals surface area contributed by atoms with Gasteiger partial charge in [0.15, 0.2) is 9.84 Å². The molecular formula is C17H18FNO4S. The van der Waals surface area contributed by atoms with Crippen LogP contribution in [-0.2, 0) is 26.8 Å². The highest BCUT2D eigenvalue weighted by Crippen LogP contribution is 2.22. The molecule has 1 aliphatic rings. The molecule has 0 saturated carbocycles. The summed E-state index contributed by atoms with van der Waals surface area (Å²) < 4.78 is 43.0. The summed E-state index contributed by atoms with van der Waals surface area (Å²) in [7, 11) is -3.33. The molecule has 2 heterocycles. The van der Waals surface area contributed by atoms with E-state index in [1.54, 1.807) is 30.3 Å². The quantitative estimate of drug-likeness (QED) is 0.800. The number of aryl methyl sites for hydroxylation is 1. The summed E-state index contributed by atoms with van der Waals surface area (Å²) in [5.74, 6) is -0.225. The monoisotopic (exact) mass is 351 g/mol. The van der Waals surface area contributed by atoms with Crippen LogP contribution in [0.5, 0.6) is 0 Å². The molecule has 0 radical (unpaired) electrons. The second kappa shape index (κ2) is 6.76. The lowest BCUT2D eigenvalue weighted by Gasteiger charge is -2.38. The number of rotatable bonds is 6. The highest BCUT2D eigenvalue weighted by atomic mass is 32.2. The molecule has 7 heteroatoms. The normalized spacial score (nSPS) is 15.3. The highest BCUT2D eigenvalue weighted by Gasteiger charge is 2.39. The van der Waals surface area contributed by atoms with Crippen LogP contribution in [0.1, 0.15) is 17.7 Å². The zero-order chi connectivity index (χ0) is 17.2. The van der Waals surface area contributed by atoms with Gasteiger partial charge in [-0.15, -0.1) is 0 Å². The van der Waals surface area contributed by atoms with E-state index in [0.717, 1.165) is 0 Å². The summed E-state index contributed by atoms with van der Waals surface area (Å²) in [4.78, 5) is 13.6. The average Bonchev–Trinajstić information content (AvgIpc) is 2.96. The van der Waals surface area contributed by atoms with Crippen molar-refractivity contribution in [1.82, 2.24) is 4.90 Å². The Labute approximate surface area is 140 Å². The highest BCUT2D eigenvalue weighted by molar-refractivity contribution is 7.91. The van der Waals surface area contributed by atoms with E-state index >= 15 is 0 Å². The molecular weight excluding hydrogens is 333 g/mol. The van der Waals surface area contributed by atoms with Crippen LogP contribution in [0.3, 0.4) is 0 Å². The van der Waals surface area contributed by atoms with Crippen LogP contribution in [0.15, 0.2) is 47.1 Å². The van der Waals surface area contributed by atoms with Crippen LogP contribution in [0, 0.1) is 5.82 Å². The fraction of sp³-hybridized carbons (Fsp3) is 0.353. The van der Waals surface area contributed by atoms with Gasteiger partial charge >= 0.3 is 0 Å². The number of hydrogen-bond acceptors (Lipinski definition) is 4. The first kappa shape index (κ1) is 16.7. The Hall–Kier alpha value is -2.15. The largest absolute Gasteiger partial charge is 0.468 e. The topological polar surface area (TPSA) is 67.6 Å². The van der Waals surface area contributed by atoms with Crippen molar-refractivity contribution >= 4 is 15.7 Å². The number of likely N-dealkylation sites (tertiary alicyclic amines) is 1. The standard InChI is InChI=1S/C17H18FNO4S/c18-16-6-2-1-4-13(16)7-8-17(20)19-10-15(11-19)24(21,22)12-14-5-3-9-23-14/h1-6,9,15H,7-8,10-12H2. The van der Waals surface area contributed by atoms with Gasteiger partial charge in [0, 0.05) is 19.5 Å². The smallest absolute Gasteiger partial charge is 0.222 e. The molecule has 1 saturated heterocycles. The Morgan fingerprint density at radius 2 is 1.96 bits per heavy atom. The van der Waals surface area contributed by atoms with E-state index in [9.17, 15) is 17.6 Å². The summed E-state index contributed by atoms with van der Waals surface area (Å²) in [5, 5.41) is -0.556. The summed E-state index contributed by atoms with van der Waals surface area (Å²) in [6.07, 6.45) is 1.92. The van der Waals surface area contributed by atoms with Crippen LogP contribution >= 0.6 is 0 Å². The average molecular weight is 351 g/mol. The van der Waals surface area contributed by atoms with E-state index in [1.165, 1.54) is 17.2 Å². The zero-order valence-corrected chi connectivity index (χ0v) is 13.8. The van der Waals surface area contributed by atoms with Gasteiger partial charge in [0.1, 0.15) is 17.3 Å². The van der Waals surface area contributed by atoms with Gasteiger partial charge in [-0.1, -0.05) is 18.2 Å². The van der Waals surface area contributed by atoms with Crippen LogP contribution in [-0.4, -0.2) is 37.6 Å². The zero-order valence-electron chi connectivity index (χ0n) is 13.0. The number of halogens is 1. The Morgan fingerprint density at radius 1 is 1.21 bits per heavy atom. The van der Waals surface area contributed by atoms with Crippen molar-refractivity contribution < 1.29 is 22.0 Å². The fourth-order valence-electron chi connectivity index (χ4n) is 2.68. The van der Waals surface area contributed by atoms with Gasteiger partial charge in [-0.25, -0.2) is 12.8 Å². The lowest BCUT2D eigenvalue weighted by molar-refractivity contribution is -0.134. The molecule has 0 N–H and O–H groups in total. The van der Waals surface area contributed by atoms with Crippen molar-refractivity contribution in [3.05, 3.63) is 59.8 Å². The Balaban J connectivity index is 1.49. The van der Waals surface area contributed by atoms with E-state index in [4.69, 9.17) is 4.42 Å². The molecule has 0 unspecified atom stereocenters. The molecule has 2 aromatic rings. The molecule has 128 valence electrons. The minimum Gasteiger partial charge on any atom is -0.468 e. The lowest BCUT2D eigenvalue weighted by atomic mass is 10.1. The third-order valence-corrected chi connectivity index (χ3v) is 6.20. The van der Waals surface area contributed by atoms with Crippen LogP contribution < -0.4 is 0 Å². The number of hydrogen-bond donors (Lipinski definition) is 0. The summed E-state index contributed by atoms with van der Waals surface area (Å²) in [6.45, 7) is 0.387. The predicted octanol–water partition coefficient (Wildman–Crippen LogP) is 2.18. The number of carbonyl (C=O) groups is 1. The minimum absolute atomic E-state index is 0.150. The number of sulfone groups is 1. The second-order valence-corrected chi connectivity index (χ2v) is 8.18. The number of carbonyl (C=O) groups excluding carboxylic acids is 1. The Bertz CT molecular complexity index is 811. The van der Waals surface area contributed by atoms with Crippen molar-refractivity contribution in [3.8, 4) is 0 Å². The summed E-state index contributed by atoms with van der Waals surface area (Å²) in [5.41, 5.74) is 0.494. The van der Waals surface area contributed by atoms with E-state index in [1.807, 2.05) is 0 Å². The van der Waals surface area contributed by atoms with Crippen molar-refractivity contribution in [2.45, 2.75) is 23.8 Å². The Morgan fingerprint density at radius 3 is 2.62 bits per heavy atom. The van der Waals surface area contributed by atoms with E-state index < -0.39 is 15.1 Å². The van der Waals surface area contributed by atoms with Gasteiger partial charge in [-0.2, -0.15) is 0 Å². The number of amides is 1. The lowest BCUT2D eigenvalue weighted by Crippen LogP contribution is -2.57. The molecule has 24 heavy (non-hydrogen) atoms. The van der Waals surface area contributed by atoms with Gasteiger partial charge in [0.2, 0.25) is 5.91 Å². The third-order valence-electron chi connectivity index (χ3n) is 4.20. The van der Waals surface area contributed by atoms with Crippen molar-refractivity contribution in [3.63, 3.8) is 0 Å². The molecule has 3 rings (SSSR count). The molecule has 1 aromatic carbocycles. The predicted molar refractivity (Wildman–Crippen MR) is 86.4 cm³/mol. The molecule has 0 atom stereocenters. The molecule has 5 nitrogen and oxygen atoms in total. The molecule has 1 aliphatic heterocycles. The number of nitrogens with zero attached hydrogens (tertiary/aromatic N) is 1. The maximum atomic E-state index is 13.5. The van der Waals surface area contributed by atoms with Gasteiger partial charge < -0.3 is 9.32 Å². The third kappa shape index (κ3) is 3.67. The van der Waals surface area contributed by atoms with Crippen molar-refractivity contribution in [2.24, 2.45) is 0 Å². The molecule has 1 amide bonds. The van der Waals surface area contributed by atoms with E-state index in [2.05, 4.69) is 0 Å². The fourth-order valence-corrected chi connectivity index (χ4v) is 4.29. The molecule has 0 spiro atoms. The summed E-state index contributed by atoms with van der Waals surface area (Å²) >= 11 is 0. The first-order valence-electron chi connectivity index (χ1n) is 7.71. The van der Waals surface area contributed by atoms with Crippen LogP contribution in [0.2, 0.25) is 0 Å². The van der Waals surface area contributed by atoms with Crippen molar-refractivity contribution in [2.75, 3.05) is 13.1 Å². The SMILES string of the molecule is O=C(CCc1ccccc1F)N1CC(S(=O)(=O)Cc2ccco2)C1. The second-order valence-electron chi connectivity index (χ2n) is 5.90. The van der Waals surface area contributed by atoms with Gasteiger partial charge in [-0.3, -0.25) is 4.79 Å². The molecule has 0 aliphatic carbocycles. The van der Waals surface area contributed by atoms with E-state index in [-0.39, 0.29) is 37.0 Å². The van der Waals surface area contributed by atoms with Crippen LogP contribution in [0.4, 0.5) is 4.39 Å².